The maximum atomic E-state index is 5.42. The summed E-state index contributed by atoms with van der Waals surface area (Å²) in [5.41, 5.74) is 10.6. The van der Waals surface area contributed by atoms with Crippen molar-refractivity contribution in [2.75, 3.05) is 0 Å². The van der Waals surface area contributed by atoms with Gasteiger partial charge in [-0.15, -0.1) is 0 Å². The van der Waals surface area contributed by atoms with E-state index < -0.39 is 0 Å². The van der Waals surface area contributed by atoms with Crippen LogP contribution in [-0.4, -0.2) is 43.6 Å². The van der Waals surface area contributed by atoms with Gasteiger partial charge in [0.25, 0.3) is 0 Å². The van der Waals surface area contributed by atoms with Crippen LogP contribution in [0.3, 0.4) is 0 Å². The molecule has 0 N–H and O–H groups in total. The molecule has 0 aliphatic rings. The molecule has 73 heavy (non-hydrogen) atoms. The minimum atomic E-state index is 0.505. The van der Waals surface area contributed by atoms with Crippen LogP contribution in [0, 0.1) is 0 Å². The average molecular weight is 934 g/mol. The summed E-state index contributed by atoms with van der Waals surface area (Å²) in [6, 6.07) is 82.1. The van der Waals surface area contributed by atoms with E-state index in [2.05, 4.69) is 171 Å². The molecule has 0 saturated heterocycles. The number of hydrogen-bond acceptors (Lipinski definition) is 6. The summed E-state index contributed by atoms with van der Waals surface area (Å²) in [7, 11) is 0. The van der Waals surface area contributed by atoms with Crippen LogP contribution in [0.15, 0.2) is 237 Å². The van der Waals surface area contributed by atoms with E-state index in [4.69, 9.17) is 29.9 Å². The topological polar surface area (TPSA) is 92.1 Å². The van der Waals surface area contributed by atoms with Crippen LogP contribution in [0.2, 0.25) is 0 Å². The van der Waals surface area contributed by atoms with Gasteiger partial charge >= 0.3 is 0 Å². The molecular weight excluding hydrogens is 895 g/mol. The van der Waals surface area contributed by atoms with Crippen LogP contribution in [0.5, 0.6) is 0 Å². The number of para-hydroxylation sites is 3. The molecule has 0 aliphatic carbocycles. The molecule has 0 saturated carbocycles. The second kappa shape index (κ2) is 16.2. The summed E-state index contributed by atoms with van der Waals surface area (Å²) in [6.45, 7) is 0. The number of aromatic nitrogens is 9. The minimum absolute atomic E-state index is 0.505. The fraction of sp³-hybridized carbons (Fsp3) is 0. The number of hydrogen-bond donors (Lipinski definition) is 0. The Bertz CT molecular complexity index is 4600. The van der Waals surface area contributed by atoms with E-state index in [1.165, 1.54) is 10.8 Å². The van der Waals surface area contributed by atoms with Crippen LogP contribution in [0.1, 0.15) is 0 Å². The van der Waals surface area contributed by atoms with Crippen molar-refractivity contribution in [3.05, 3.63) is 237 Å². The highest BCUT2D eigenvalue weighted by Gasteiger charge is 2.25. The molecule has 0 aliphatic heterocycles. The van der Waals surface area contributed by atoms with Gasteiger partial charge in [-0.2, -0.15) is 19.9 Å². The van der Waals surface area contributed by atoms with Crippen molar-refractivity contribution < 1.29 is 0 Å². The Morgan fingerprint density at radius 1 is 0.247 bits per heavy atom. The van der Waals surface area contributed by atoms with Gasteiger partial charge in [0.1, 0.15) is 0 Å². The smallest absolute Gasteiger partial charge is 0.238 e. The molecule has 0 radical (unpaired) electrons. The van der Waals surface area contributed by atoms with E-state index in [1.54, 1.807) is 0 Å². The van der Waals surface area contributed by atoms with Crippen LogP contribution in [-0.2, 0) is 0 Å². The monoisotopic (exact) mass is 933 g/mol. The van der Waals surface area contributed by atoms with Crippen LogP contribution < -0.4 is 0 Å². The highest BCUT2D eigenvalue weighted by atomic mass is 15.2. The molecule has 15 rings (SSSR count). The lowest BCUT2D eigenvalue weighted by Crippen LogP contribution is -2.07. The first kappa shape index (κ1) is 40.7. The summed E-state index contributed by atoms with van der Waals surface area (Å²) in [5, 5.41) is 8.94. The largest absolute Gasteiger partial charge is 0.307 e. The zero-order valence-electron chi connectivity index (χ0n) is 39.0. The summed E-state index contributed by atoms with van der Waals surface area (Å²) < 4.78 is 6.79. The van der Waals surface area contributed by atoms with Crippen molar-refractivity contribution in [3.8, 4) is 63.1 Å². The van der Waals surface area contributed by atoms with Crippen LogP contribution in [0.4, 0.5) is 0 Å². The molecule has 15 aromatic rings. The SMILES string of the molecule is c1ccc(-c2nc(-c3ccc4c(c3)c3ccc5c6ccccc6n(-c6ccccc6)c5c3n4-c3nc(-c4ccccc4)nc(-c4ccccc4)n3)nc(-n3c4ccccc4c4c5ccccc5ccc43)n2)cc1. The molecule has 0 amide bonds. The summed E-state index contributed by atoms with van der Waals surface area (Å²) in [5.74, 6) is 3.33. The van der Waals surface area contributed by atoms with Gasteiger partial charge in [0.15, 0.2) is 23.3 Å². The Morgan fingerprint density at radius 2 is 0.685 bits per heavy atom. The van der Waals surface area contributed by atoms with Crippen molar-refractivity contribution in [2.24, 2.45) is 0 Å². The lowest BCUT2D eigenvalue weighted by atomic mass is 10.0. The Balaban J connectivity index is 1.04. The van der Waals surface area contributed by atoms with Crippen molar-refractivity contribution in [2.45, 2.75) is 0 Å². The molecule has 0 atom stereocenters. The number of nitrogens with zero attached hydrogens (tertiary/aromatic N) is 9. The van der Waals surface area contributed by atoms with Gasteiger partial charge in [0, 0.05) is 60.3 Å². The van der Waals surface area contributed by atoms with E-state index >= 15 is 0 Å². The maximum absolute atomic E-state index is 5.42. The summed E-state index contributed by atoms with van der Waals surface area (Å²) >= 11 is 0. The fourth-order valence-electron chi connectivity index (χ4n) is 10.9. The molecule has 340 valence electrons. The van der Waals surface area contributed by atoms with E-state index in [0.29, 0.717) is 35.2 Å². The highest BCUT2D eigenvalue weighted by molar-refractivity contribution is 6.24. The molecule has 9 nitrogen and oxygen atoms in total. The molecule has 0 bridgehead atoms. The Kier molecular flexibility index (Phi) is 9.06. The van der Waals surface area contributed by atoms with Gasteiger partial charge < -0.3 is 4.57 Å². The molecule has 9 heteroatoms. The quantitative estimate of drug-likeness (QED) is 0.158. The van der Waals surface area contributed by atoms with E-state index in [1.807, 2.05) is 78.9 Å². The third-order valence-electron chi connectivity index (χ3n) is 14.1. The van der Waals surface area contributed by atoms with E-state index in [0.717, 1.165) is 93.4 Å². The molecule has 0 spiro atoms. The predicted octanol–water partition coefficient (Wildman–Crippen LogP) is 15.2. The molecule has 5 aromatic heterocycles. The lowest BCUT2D eigenvalue weighted by Gasteiger charge is -2.13. The van der Waals surface area contributed by atoms with Gasteiger partial charge in [-0.25, -0.2) is 9.97 Å². The highest BCUT2D eigenvalue weighted by Crippen LogP contribution is 2.43. The van der Waals surface area contributed by atoms with Crippen molar-refractivity contribution >= 4 is 76.2 Å². The maximum Gasteiger partial charge on any atom is 0.238 e. The minimum Gasteiger partial charge on any atom is -0.307 e. The predicted molar refractivity (Wildman–Crippen MR) is 295 cm³/mol. The Morgan fingerprint density at radius 3 is 1.30 bits per heavy atom. The second-order valence-corrected chi connectivity index (χ2v) is 18.3. The third kappa shape index (κ3) is 6.42. The second-order valence-electron chi connectivity index (χ2n) is 18.3. The normalized spacial score (nSPS) is 11.8. The zero-order valence-corrected chi connectivity index (χ0v) is 39.0. The van der Waals surface area contributed by atoms with Crippen molar-refractivity contribution in [3.63, 3.8) is 0 Å². The molecule has 0 unspecified atom stereocenters. The Hall–Kier alpha value is -10.1. The molecular formula is C64H39N9. The molecule has 0 fully saturated rings. The van der Waals surface area contributed by atoms with E-state index in [9.17, 15) is 0 Å². The zero-order chi connectivity index (χ0) is 48.0. The summed E-state index contributed by atoms with van der Waals surface area (Å²) in [6.07, 6.45) is 0. The van der Waals surface area contributed by atoms with Crippen LogP contribution in [0.25, 0.3) is 139 Å². The summed E-state index contributed by atoms with van der Waals surface area (Å²) in [4.78, 5) is 31.8. The first-order chi connectivity index (χ1) is 36.2. The number of rotatable bonds is 7. The van der Waals surface area contributed by atoms with Gasteiger partial charge in [-0.1, -0.05) is 188 Å². The first-order valence-corrected chi connectivity index (χ1v) is 24.4. The van der Waals surface area contributed by atoms with Crippen molar-refractivity contribution in [1.82, 2.24) is 43.6 Å². The Labute approximate surface area is 417 Å². The van der Waals surface area contributed by atoms with E-state index in [-0.39, 0.29) is 0 Å². The fourth-order valence-corrected chi connectivity index (χ4v) is 10.9. The number of fused-ring (bicyclic) bond motifs is 12. The van der Waals surface area contributed by atoms with Gasteiger partial charge in [-0.05, 0) is 59.3 Å². The third-order valence-corrected chi connectivity index (χ3v) is 14.1. The molecule has 5 heterocycles. The molecule has 10 aromatic carbocycles. The first-order valence-electron chi connectivity index (χ1n) is 24.4. The van der Waals surface area contributed by atoms with Crippen LogP contribution >= 0.6 is 0 Å². The van der Waals surface area contributed by atoms with Gasteiger partial charge in [-0.3, -0.25) is 9.13 Å². The average Bonchev–Trinajstić information content (AvgIpc) is 4.12. The number of benzene rings is 10. The van der Waals surface area contributed by atoms with Gasteiger partial charge in [0.05, 0.1) is 33.1 Å². The van der Waals surface area contributed by atoms with Crippen molar-refractivity contribution in [1.29, 1.82) is 0 Å². The standard InChI is InChI=1S/C64H39N9/c1-5-20-41(21-6-1)59-65-60(42-22-7-2-8-23-42)69-64(68-59)73-54-37-34-44(39-51(54)49-36-35-48-47-29-15-17-31-52(47)71(57(48)58(49)73)45-26-11-4-12-27-45)62-66-61(43-24-9-3-10-25-43)67-63(70-62)72-53-32-18-16-30-50(53)56-46-28-14-13-19-40(46)33-38-55(56)72/h1-39H. The van der Waals surface area contributed by atoms with Gasteiger partial charge in [0.2, 0.25) is 11.9 Å². The lowest BCUT2D eigenvalue weighted by molar-refractivity contribution is 0.952.